The van der Waals surface area contributed by atoms with Crippen molar-refractivity contribution in [2.75, 3.05) is 49.1 Å². The van der Waals surface area contributed by atoms with E-state index in [2.05, 4.69) is 34.1 Å². The predicted octanol–water partition coefficient (Wildman–Crippen LogP) is 3.90. The summed E-state index contributed by atoms with van der Waals surface area (Å²) in [4.78, 5) is 19.3. The summed E-state index contributed by atoms with van der Waals surface area (Å²) in [7, 11) is 0. The molecule has 2 aromatic rings. The van der Waals surface area contributed by atoms with Crippen molar-refractivity contribution in [1.82, 2.24) is 4.90 Å². The number of carbonyl (C=O) groups excluding carboxylic acids is 1. The molecule has 2 aromatic carbocycles. The molecule has 1 amide bonds. The van der Waals surface area contributed by atoms with E-state index in [-0.39, 0.29) is 5.91 Å². The van der Waals surface area contributed by atoms with Crippen LogP contribution in [0.4, 0.5) is 11.4 Å². The number of benzene rings is 2. The lowest BCUT2D eigenvalue weighted by atomic mass is 10.1. The Bertz CT molecular complexity index is 746. The lowest BCUT2D eigenvalue weighted by Gasteiger charge is -2.36. The molecule has 26 heavy (non-hydrogen) atoms. The van der Waals surface area contributed by atoms with Crippen LogP contribution >= 0.6 is 11.6 Å². The van der Waals surface area contributed by atoms with Gasteiger partial charge in [-0.05, 0) is 61.4 Å². The molecule has 2 heterocycles. The number of anilines is 2. The summed E-state index contributed by atoms with van der Waals surface area (Å²) >= 11 is 5.91. The minimum atomic E-state index is 0.0886. The van der Waals surface area contributed by atoms with Gasteiger partial charge in [-0.2, -0.15) is 0 Å². The van der Waals surface area contributed by atoms with Gasteiger partial charge in [-0.25, -0.2) is 0 Å². The van der Waals surface area contributed by atoms with Gasteiger partial charge in [0.25, 0.3) is 5.91 Å². The molecule has 0 aromatic heterocycles. The summed E-state index contributed by atoms with van der Waals surface area (Å²) in [6, 6.07) is 16.0. The molecule has 5 heteroatoms. The molecule has 0 radical (unpaired) electrons. The van der Waals surface area contributed by atoms with Crippen LogP contribution in [0, 0.1) is 0 Å². The third kappa shape index (κ3) is 3.65. The average Bonchev–Trinajstić information content (AvgIpc) is 3.23. The highest BCUT2D eigenvalue weighted by Crippen LogP contribution is 2.25. The maximum atomic E-state index is 12.6. The molecule has 0 unspecified atom stereocenters. The van der Waals surface area contributed by atoms with E-state index in [4.69, 9.17) is 11.6 Å². The van der Waals surface area contributed by atoms with Gasteiger partial charge in [-0.1, -0.05) is 11.6 Å². The van der Waals surface area contributed by atoms with Crippen molar-refractivity contribution in [2.24, 2.45) is 0 Å². The Hall–Kier alpha value is -2.20. The fourth-order valence-electron chi connectivity index (χ4n) is 3.79. The lowest BCUT2D eigenvalue weighted by Crippen LogP contribution is -2.48. The monoisotopic (exact) mass is 369 g/mol. The van der Waals surface area contributed by atoms with Crippen molar-refractivity contribution in [3.05, 3.63) is 59.1 Å². The molecule has 0 saturated carbocycles. The van der Waals surface area contributed by atoms with Crippen LogP contribution in [-0.2, 0) is 0 Å². The number of piperazine rings is 1. The molecule has 2 aliphatic heterocycles. The largest absolute Gasteiger partial charge is 0.372 e. The van der Waals surface area contributed by atoms with Crippen LogP contribution in [-0.4, -0.2) is 50.1 Å². The van der Waals surface area contributed by atoms with Crippen LogP contribution in [0.1, 0.15) is 23.2 Å². The van der Waals surface area contributed by atoms with Crippen molar-refractivity contribution >= 4 is 28.9 Å². The number of hydrogen-bond acceptors (Lipinski definition) is 3. The van der Waals surface area contributed by atoms with Crippen LogP contribution in [0.3, 0.4) is 0 Å². The zero-order valence-electron chi connectivity index (χ0n) is 14.9. The minimum Gasteiger partial charge on any atom is -0.372 e. The van der Waals surface area contributed by atoms with Gasteiger partial charge in [-0.15, -0.1) is 0 Å². The first kappa shape index (κ1) is 17.2. The number of hydrogen-bond donors (Lipinski definition) is 0. The third-order valence-corrected chi connectivity index (χ3v) is 5.60. The first-order valence-corrected chi connectivity index (χ1v) is 9.73. The smallest absolute Gasteiger partial charge is 0.253 e. The molecule has 2 fully saturated rings. The fraction of sp³-hybridized carbons (Fsp3) is 0.381. The van der Waals surface area contributed by atoms with E-state index in [1.165, 1.54) is 37.3 Å². The Balaban J connectivity index is 1.35. The Morgan fingerprint density at radius 3 is 1.73 bits per heavy atom. The van der Waals surface area contributed by atoms with Crippen LogP contribution in [0.5, 0.6) is 0 Å². The molecule has 0 aliphatic carbocycles. The van der Waals surface area contributed by atoms with E-state index in [1.54, 1.807) is 24.3 Å². The Labute approximate surface area is 160 Å². The normalized spacial score (nSPS) is 17.7. The second-order valence-corrected chi connectivity index (χ2v) is 7.43. The summed E-state index contributed by atoms with van der Waals surface area (Å²) < 4.78 is 0. The zero-order valence-corrected chi connectivity index (χ0v) is 15.7. The molecule has 0 N–H and O–H groups in total. The first-order chi connectivity index (χ1) is 12.7. The van der Waals surface area contributed by atoms with Crippen LogP contribution in [0.15, 0.2) is 48.5 Å². The summed E-state index contributed by atoms with van der Waals surface area (Å²) in [5, 5.41) is 0.656. The van der Waals surface area contributed by atoms with Crippen LogP contribution < -0.4 is 9.80 Å². The van der Waals surface area contributed by atoms with Crippen molar-refractivity contribution < 1.29 is 4.79 Å². The summed E-state index contributed by atoms with van der Waals surface area (Å²) in [5.74, 6) is 0.0886. The summed E-state index contributed by atoms with van der Waals surface area (Å²) in [5.41, 5.74) is 3.27. The van der Waals surface area contributed by atoms with Gasteiger partial charge in [0.1, 0.15) is 0 Å². The Kier molecular flexibility index (Phi) is 5.02. The maximum Gasteiger partial charge on any atom is 0.253 e. The van der Waals surface area contributed by atoms with Gasteiger partial charge >= 0.3 is 0 Å². The standard InChI is InChI=1S/C21H24ClN3O/c22-18-5-3-17(4-6-18)21(26)25-15-13-24(14-16-25)20-9-7-19(8-10-20)23-11-1-2-12-23/h3-10H,1-2,11-16H2. The van der Waals surface area contributed by atoms with Crippen molar-refractivity contribution in [3.63, 3.8) is 0 Å². The molecule has 0 bridgehead atoms. The number of rotatable bonds is 3. The Morgan fingerprint density at radius 2 is 1.19 bits per heavy atom. The molecular formula is C21H24ClN3O. The van der Waals surface area contributed by atoms with E-state index in [0.29, 0.717) is 10.6 Å². The van der Waals surface area contributed by atoms with Crippen molar-refractivity contribution in [1.29, 1.82) is 0 Å². The lowest BCUT2D eigenvalue weighted by molar-refractivity contribution is 0.0747. The Morgan fingerprint density at radius 1 is 0.692 bits per heavy atom. The van der Waals surface area contributed by atoms with Crippen LogP contribution in [0.25, 0.3) is 0 Å². The van der Waals surface area contributed by atoms with Gasteiger partial charge in [0.15, 0.2) is 0 Å². The minimum absolute atomic E-state index is 0.0886. The predicted molar refractivity (Wildman–Crippen MR) is 107 cm³/mol. The van der Waals surface area contributed by atoms with E-state index in [0.717, 1.165) is 26.2 Å². The van der Waals surface area contributed by atoms with Gasteiger partial charge < -0.3 is 14.7 Å². The molecule has 4 nitrogen and oxygen atoms in total. The topological polar surface area (TPSA) is 26.8 Å². The third-order valence-electron chi connectivity index (χ3n) is 5.34. The van der Waals surface area contributed by atoms with Gasteiger partial charge in [-0.3, -0.25) is 4.79 Å². The zero-order chi connectivity index (χ0) is 17.9. The maximum absolute atomic E-state index is 12.6. The molecule has 2 saturated heterocycles. The van der Waals surface area contributed by atoms with E-state index >= 15 is 0 Å². The summed E-state index contributed by atoms with van der Waals surface area (Å²) in [6.45, 7) is 5.56. The van der Waals surface area contributed by atoms with Gasteiger partial charge in [0, 0.05) is 61.2 Å². The van der Waals surface area contributed by atoms with E-state index in [1.807, 2.05) is 4.90 Å². The van der Waals surface area contributed by atoms with Crippen molar-refractivity contribution in [2.45, 2.75) is 12.8 Å². The van der Waals surface area contributed by atoms with Gasteiger partial charge in [0.05, 0.1) is 0 Å². The molecule has 2 aliphatic rings. The molecule has 0 spiro atoms. The van der Waals surface area contributed by atoms with E-state index < -0.39 is 0 Å². The quantitative estimate of drug-likeness (QED) is 0.820. The number of nitrogens with zero attached hydrogens (tertiary/aromatic N) is 3. The fourth-order valence-corrected chi connectivity index (χ4v) is 3.92. The highest BCUT2D eigenvalue weighted by Gasteiger charge is 2.22. The number of halogens is 1. The SMILES string of the molecule is O=C(c1ccc(Cl)cc1)N1CCN(c2ccc(N3CCCC3)cc2)CC1. The van der Waals surface area contributed by atoms with Crippen LogP contribution in [0.2, 0.25) is 5.02 Å². The van der Waals surface area contributed by atoms with Crippen molar-refractivity contribution in [3.8, 4) is 0 Å². The molecule has 136 valence electrons. The summed E-state index contributed by atoms with van der Waals surface area (Å²) in [6.07, 6.45) is 2.59. The van der Waals surface area contributed by atoms with Gasteiger partial charge in [0.2, 0.25) is 0 Å². The first-order valence-electron chi connectivity index (χ1n) is 9.35. The second-order valence-electron chi connectivity index (χ2n) is 7.00. The highest BCUT2D eigenvalue weighted by molar-refractivity contribution is 6.30. The average molecular weight is 370 g/mol. The number of amides is 1. The molecule has 0 atom stereocenters. The molecular weight excluding hydrogens is 346 g/mol. The number of carbonyl (C=O) groups is 1. The van der Waals surface area contributed by atoms with E-state index in [9.17, 15) is 4.79 Å². The second kappa shape index (κ2) is 7.58. The molecule has 4 rings (SSSR count). The highest BCUT2D eigenvalue weighted by atomic mass is 35.5.